The molecule has 1 aromatic heterocycles. The van der Waals surface area contributed by atoms with Gasteiger partial charge in [-0.15, -0.1) is 0 Å². The standard InChI is InChI=1S/C17H30ClN3/c1-6-14-16(18)15(21(5)20-14)10-17(19)9-12(4)7-8-13(17)11(2)3/h11-13H,6-10,19H2,1-5H3. The Morgan fingerprint density at radius 3 is 2.62 bits per heavy atom. The van der Waals surface area contributed by atoms with Crippen molar-refractivity contribution in [1.82, 2.24) is 9.78 Å². The summed E-state index contributed by atoms with van der Waals surface area (Å²) in [5.41, 5.74) is 8.85. The van der Waals surface area contributed by atoms with Crippen molar-refractivity contribution >= 4 is 11.6 Å². The second kappa shape index (κ2) is 6.29. The van der Waals surface area contributed by atoms with E-state index >= 15 is 0 Å². The molecule has 0 bridgehead atoms. The lowest BCUT2D eigenvalue weighted by atomic mass is 9.64. The molecule has 1 aromatic rings. The van der Waals surface area contributed by atoms with Crippen LogP contribution in [0.1, 0.15) is 58.3 Å². The Kier molecular flexibility index (Phi) is 5.04. The molecule has 4 heteroatoms. The summed E-state index contributed by atoms with van der Waals surface area (Å²) in [4.78, 5) is 0. The van der Waals surface area contributed by atoms with Crippen molar-refractivity contribution in [3.8, 4) is 0 Å². The highest BCUT2D eigenvalue weighted by atomic mass is 35.5. The van der Waals surface area contributed by atoms with Crippen LogP contribution >= 0.6 is 11.6 Å². The molecule has 3 unspecified atom stereocenters. The molecular formula is C17H30ClN3. The molecule has 0 aliphatic heterocycles. The van der Waals surface area contributed by atoms with Crippen molar-refractivity contribution < 1.29 is 0 Å². The maximum absolute atomic E-state index is 6.92. The van der Waals surface area contributed by atoms with Gasteiger partial charge in [-0.25, -0.2) is 0 Å². The van der Waals surface area contributed by atoms with Gasteiger partial charge in [-0.3, -0.25) is 4.68 Å². The Balaban J connectivity index is 2.32. The maximum atomic E-state index is 6.92. The lowest BCUT2D eigenvalue weighted by Gasteiger charge is -2.46. The molecule has 1 fully saturated rings. The van der Waals surface area contributed by atoms with Gasteiger partial charge in [0.05, 0.1) is 16.4 Å². The first-order chi connectivity index (χ1) is 9.78. The van der Waals surface area contributed by atoms with Crippen LogP contribution in [-0.4, -0.2) is 15.3 Å². The van der Waals surface area contributed by atoms with Gasteiger partial charge in [0.1, 0.15) is 0 Å². The monoisotopic (exact) mass is 311 g/mol. The number of halogens is 1. The van der Waals surface area contributed by atoms with Crippen LogP contribution in [0, 0.1) is 17.8 Å². The molecule has 21 heavy (non-hydrogen) atoms. The predicted molar refractivity (Wildman–Crippen MR) is 89.6 cm³/mol. The van der Waals surface area contributed by atoms with Crippen LogP contribution < -0.4 is 5.73 Å². The maximum Gasteiger partial charge on any atom is 0.0850 e. The third-order valence-electron chi connectivity index (χ3n) is 5.24. The van der Waals surface area contributed by atoms with E-state index < -0.39 is 0 Å². The van der Waals surface area contributed by atoms with Crippen LogP contribution in [0.25, 0.3) is 0 Å². The van der Waals surface area contributed by atoms with Crippen molar-refractivity contribution in [2.45, 2.75) is 65.3 Å². The van der Waals surface area contributed by atoms with Gasteiger partial charge in [-0.05, 0) is 37.0 Å². The topological polar surface area (TPSA) is 43.8 Å². The largest absolute Gasteiger partial charge is 0.324 e. The zero-order chi connectivity index (χ0) is 15.8. The smallest absolute Gasteiger partial charge is 0.0850 e. The Labute approximate surface area is 134 Å². The van der Waals surface area contributed by atoms with E-state index in [1.54, 1.807) is 0 Å². The summed E-state index contributed by atoms with van der Waals surface area (Å²) >= 11 is 6.54. The van der Waals surface area contributed by atoms with E-state index in [1.807, 2.05) is 11.7 Å². The van der Waals surface area contributed by atoms with Crippen LogP contribution in [0.4, 0.5) is 0 Å². The quantitative estimate of drug-likeness (QED) is 0.914. The van der Waals surface area contributed by atoms with Gasteiger partial charge in [0.2, 0.25) is 0 Å². The van der Waals surface area contributed by atoms with Crippen molar-refractivity contribution in [1.29, 1.82) is 0 Å². The van der Waals surface area contributed by atoms with E-state index in [2.05, 4.69) is 32.8 Å². The van der Waals surface area contributed by atoms with E-state index in [0.29, 0.717) is 17.8 Å². The highest BCUT2D eigenvalue weighted by Gasteiger charge is 2.42. The summed E-state index contributed by atoms with van der Waals surface area (Å²) in [7, 11) is 1.99. The molecule has 1 aliphatic carbocycles. The molecule has 2 N–H and O–H groups in total. The van der Waals surface area contributed by atoms with Crippen molar-refractivity contribution in [2.24, 2.45) is 30.5 Å². The van der Waals surface area contributed by atoms with E-state index in [-0.39, 0.29) is 5.54 Å². The number of hydrogen-bond acceptors (Lipinski definition) is 2. The lowest BCUT2D eigenvalue weighted by Crippen LogP contribution is -2.54. The van der Waals surface area contributed by atoms with Crippen LogP contribution in [0.15, 0.2) is 0 Å². The highest BCUT2D eigenvalue weighted by Crippen LogP contribution is 2.42. The van der Waals surface area contributed by atoms with Crippen LogP contribution in [-0.2, 0) is 19.9 Å². The fourth-order valence-electron chi connectivity index (χ4n) is 4.18. The molecule has 1 aliphatic rings. The molecule has 3 nitrogen and oxygen atoms in total. The first-order valence-electron chi connectivity index (χ1n) is 8.27. The summed E-state index contributed by atoms with van der Waals surface area (Å²) < 4.78 is 1.94. The van der Waals surface area contributed by atoms with Crippen LogP contribution in [0.3, 0.4) is 0 Å². The number of hydrogen-bond donors (Lipinski definition) is 1. The Morgan fingerprint density at radius 1 is 1.43 bits per heavy atom. The molecule has 3 atom stereocenters. The van der Waals surface area contributed by atoms with Gasteiger partial charge in [-0.1, -0.05) is 45.7 Å². The third-order valence-corrected chi connectivity index (χ3v) is 5.68. The zero-order valence-corrected chi connectivity index (χ0v) is 14.9. The summed E-state index contributed by atoms with van der Waals surface area (Å²) in [5.74, 6) is 1.87. The fraction of sp³-hybridized carbons (Fsp3) is 0.824. The molecule has 2 rings (SSSR count). The van der Waals surface area contributed by atoms with E-state index in [4.69, 9.17) is 17.3 Å². The number of aryl methyl sites for hydroxylation is 2. The number of aromatic nitrogens is 2. The predicted octanol–water partition coefficient (Wildman–Crippen LogP) is 3.97. The molecule has 1 saturated carbocycles. The Hall–Kier alpha value is -0.540. The van der Waals surface area contributed by atoms with Gasteiger partial charge in [-0.2, -0.15) is 5.10 Å². The average molecular weight is 312 g/mol. The summed E-state index contributed by atoms with van der Waals surface area (Å²) in [5, 5.41) is 5.37. The van der Waals surface area contributed by atoms with Crippen molar-refractivity contribution in [3.63, 3.8) is 0 Å². The second-order valence-corrected chi connectivity index (χ2v) is 7.71. The van der Waals surface area contributed by atoms with Crippen LogP contribution in [0.2, 0.25) is 5.02 Å². The number of rotatable bonds is 4. The Bertz CT molecular complexity index is 494. The molecular weight excluding hydrogens is 282 g/mol. The van der Waals surface area contributed by atoms with E-state index in [9.17, 15) is 0 Å². The van der Waals surface area contributed by atoms with Gasteiger partial charge in [0.25, 0.3) is 0 Å². The van der Waals surface area contributed by atoms with E-state index in [1.165, 1.54) is 12.8 Å². The molecule has 120 valence electrons. The lowest BCUT2D eigenvalue weighted by molar-refractivity contribution is 0.107. The SMILES string of the molecule is CCc1nn(C)c(CC2(N)CC(C)CCC2C(C)C)c1Cl. The van der Waals surface area contributed by atoms with Crippen molar-refractivity contribution in [3.05, 3.63) is 16.4 Å². The molecule has 0 spiro atoms. The minimum absolute atomic E-state index is 0.158. The molecule has 0 saturated heterocycles. The summed E-state index contributed by atoms with van der Waals surface area (Å²) in [6.45, 7) is 9.01. The second-order valence-electron chi connectivity index (χ2n) is 7.33. The first kappa shape index (κ1) is 16.8. The molecule has 1 heterocycles. The van der Waals surface area contributed by atoms with E-state index in [0.717, 1.165) is 35.7 Å². The number of nitrogens with zero attached hydrogens (tertiary/aromatic N) is 2. The fourth-order valence-corrected chi connectivity index (χ4v) is 4.54. The van der Waals surface area contributed by atoms with Gasteiger partial charge in [0.15, 0.2) is 0 Å². The van der Waals surface area contributed by atoms with Crippen molar-refractivity contribution in [2.75, 3.05) is 0 Å². The third kappa shape index (κ3) is 3.29. The normalized spacial score (nSPS) is 30.1. The average Bonchev–Trinajstić information content (AvgIpc) is 2.65. The minimum Gasteiger partial charge on any atom is -0.324 e. The summed E-state index contributed by atoms with van der Waals surface area (Å²) in [6, 6.07) is 0. The summed E-state index contributed by atoms with van der Waals surface area (Å²) in [6.07, 6.45) is 5.31. The van der Waals surface area contributed by atoms with Gasteiger partial charge < -0.3 is 5.73 Å². The molecule has 0 radical (unpaired) electrons. The molecule has 0 amide bonds. The zero-order valence-electron chi connectivity index (χ0n) is 14.1. The van der Waals surface area contributed by atoms with Crippen LogP contribution in [0.5, 0.6) is 0 Å². The minimum atomic E-state index is -0.158. The number of nitrogens with two attached hydrogens (primary N) is 1. The highest BCUT2D eigenvalue weighted by molar-refractivity contribution is 6.31. The van der Waals surface area contributed by atoms with Gasteiger partial charge >= 0.3 is 0 Å². The first-order valence-corrected chi connectivity index (χ1v) is 8.65. The van der Waals surface area contributed by atoms with Gasteiger partial charge in [0, 0.05) is 19.0 Å². The molecule has 0 aromatic carbocycles. The Morgan fingerprint density at radius 2 is 2.10 bits per heavy atom.